The van der Waals surface area contributed by atoms with Gasteiger partial charge in [-0.2, -0.15) is 5.10 Å². The van der Waals surface area contributed by atoms with Crippen LogP contribution in [0.4, 0.5) is 10.6 Å². The summed E-state index contributed by atoms with van der Waals surface area (Å²) in [5.74, 6) is -6.20. The fourth-order valence-electron chi connectivity index (χ4n) is 7.53. The number of hydrogen-bond donors (Lipinski definition) is 4. The summed E-state index contributed by atoms with van der Waals surface area (Å²) in [4.78, 5) is 86.8. The first-order chi connectivity index (χ1) is 31.0. The second-order valence-corrected chi connectivity index (χ2v) is 16.6. The van der Waals surface area contributed by atoms with Crippen molar-refractivity contribution in [3.05, 3.63) is 149 Å². The predicted molar refractivity (Wildman–Crippen MR) is 238 cm³/mol. The number of amides is 4. The van der Waals surface area contributed by atoms with Crippen molar-refractivity contribution in [2.24, 2.45) is 16.6 Å². The van der Waals surface area contributed by atoms with Crippen LogP contribution in [-0.4, -0.2) is 71.8 Å². The van der Waals surface area contributed by atoms with Gasteiger partial charge in [-0.1, -0.05) is 84.9 Å². The number of nitrogens with one attached hydrogen (secondary N) is 2. The standard InChI is InChI=1S/C46H42N8O10S/c1-4-63-43(59)46(48,53(28(2)55)40-23-18-33-12-8-9-13-38(33)51-40)42(58)45(47)34-19-20-35-36(21-22-39(37(35)24-34)65(61,62)54(45)29(3)56)41(57)49-25-30-14-16-31(17-15-30)26-50-52-44(60)64-27-32-10-6-5-7-11-32/h5-24,26H,4,25,27,47-48H2,1-3H3,(H,49,57)(H,52,60)/b50-26+. The van der Waals surface area contributed by atoms with Crippen molar-refractivity contribution in [2.45, 2.75) is 50.1 Å². The van der Waals surface area contributed by atoms with Crippen molar-refractivity contribution in [1.82, 2.24) is 20.0 Å². The molecule has 18 nitrogen and oxygen atoms in total. The number of benzene rings is 5. The van der Waals surface area contributed by atoms with Gasteiger partial charge in [0.2, 0.25) is 17.6 Å². The largest absolute Gasteiger partial charge is 0.463 e. The molecule has 0 fully saturated rings. The molecule has 0 saturated carbocycles. The van der Waals surface area contributed by atoms with E-state index in [-0.39, 0.29) is 51.8 Å². The van der Waals surface area contributed by atoms with E-state index in [2.05, 4.69) is 20.8 Å². The summed E-state index contributed by atoms with van der Waals surface area (Å²) in [6, 6.07) is 31.9. The maximum absolute atomic E-state index is 15.3. The molecule has 4 amide bonds. The zero-order valence-corrected chi connectivity index (χ0v) is 36.0. The zero-order valence-electron chi connectivity index (χ0n) is 35.2. The fraction of sp³-hybridized carbons (Fsp3) is 0.174. The Hall–Kier alpha value is -7.87. The molecule has 65 heavy (non-hydrogen) atoms. The van der Waals surface area contributed by atoms with Crippen molar-refractivity contribution >= 4 is 79.3 Å². The number of fused-ring (bicyclic) bond motifs is 2. The number of nitrogens with zero attached hydrogens (tertiary/aromatic N) is 4. The third kappa shape index (κ3) is 8.50. The van der Waals surface area contributed by atoms with Crippen LogP contribution in [0.5, 0.6) is 0 Å². The molecule has 0 radical (unpaired) electrons. The van der Waals surface area contributed by atoms with Crippen LogP contribution in [0.1, 0.15) is 53.4 Å². The Kier molecular flexibility index (Phi) is 12.6. The highest BCUT2D eigenvalue weighted by Crippen LogP contribution is 2.42. The monoisotopic (exact) mass is 898 g/mol. The highest BCUT2D eigenvalue weighted by molar-refractivity contribution is 7.90. The molecular formula is C46H42N8O10S. The van der Waals surface area contributed by atoms with Gasteiger partial charge in [0.15, 0.2) is 5.66 Å². The molecule has 0 spiro atoms. The van der Waals surface area contributed by atoms with E-state index in [4.69, 9.17) is 20.9 Å². The SMILES string of the molecule is CCOC(=O)C(N)(C(=O)C1(N)c2ccc3c(C(=O)NCc4ccc(/C=N/NC(=O)OCc5ccccc5)cc4)ccc(c3c2)S(=O)(=O)N1C(C)=O)N(C(C)=O)c1ccc2ccccc2n1. The summed E-state index contributed by atoms with van der Waals surface area (Å²) in [7, 11) is -5.11. The normalized spacial score (nSPS) is 16.0. The minimum atomic E-state index is -5.11. The molecule has 0 saturated heterocycles. The molecule has 2 unspecified atom stereocenters. The molecule has 1 aromatic heterocycles. The summed E-state index contributed by atoms with van der Waals surface area (Å²) >= 11 is 0. The predicted octanol–water partition coefficient (Wildman–Crippen LogP) is 4.08. The first-order valence-corrected chi connectivity index (χ1v) is 21.4. The number of carbonyl (C=O) groups is 6. The molecule has 6 aromatic rings. The van der Waals surface area contributed by atoms with E-state index in [1.807, 2.05) is 30.3 Å². The number of aromatic nitrogens is 1. The number of anilines is 1. The first-order valence-electron chi connectivity index (χ1n) is 20.0. The van der Waals surface area contributed by atoms with Crippen molar-refractivity contribution in [3.63, 3.8) is 0 Å². The third-order valence-electron chi connectivity index (χ3n) is 10.6. The van der Waals surface area contributed by atoms with Crippen molar-refractivity contribution < 1.29 is 46.7 Å². The maximum atomic E-state index is 15.3. The van der Waals surface area contributed by atoms with Gasteiger partial charge in [-0.3, -0.25) is 35.5 Å². The van der Waals surface area contributed by atoms with E-state index in [1.54, 1.807) is 54.6 Å². The molecule has 1 aliphatic rings. The molecule has 5 aromatic carbocycles. The van der Waals surface area contributed by atoms with Gasteiger partial charge >= 0.3 is 12.1 Å². The quantitative estimate of drug-likeness (QED) is 0.0419. The zero-order chi connectivity index (χ0) is 46.7. The van der Waals surface area contributed by atoms with Crippen LogP contribution in [0.25, 0.3) is 21.7 Å². The summed E-state index contributed by atoms with van der Waals surface area (Å²) < 4.78 is 39.9. The van der Waals surface area contributed by atoms with E-state index < -0.39 is 61.8 Å². The number of sulfonamides is 1. The third-order valence-corrected chi connectivity index (χ3v) is 12.5. The van der Waals surface area contributed by atoms with Crippen LogP contribution in [0, 0.1) is 0 Å². The van der Waals surface area contributed by atoms with Crippen molar-refractivity contribution in [1.29, 1.82) is 0 Å². The Labute approximate surface area is 372 Å². The summed E-state index contributed by atoms with van der Waals surface area (Å²) in [6.45, 7) is 3.09. The molecule has 2 atom stereocenters. The Morgan fingerprint density at radius 2 is 1.55 bits per heavy atom. The van der Waals surface area contributed by atoms with E-state index in [0.717, 1.165) is 25.5 Å². The molecule has 7 rings (SSSR count). The van der Waals surface area contributed by atoms with Gasteiger partial charge in [0.25, 0.3) is 21.6 Å². The van der Waals surface area contributed by atoms with Gasteiger partial charge in [-0.15, -0.1) is 0 Å². The highest BCUT2D eigenvalue weighted by Gasteiger charge is 2.64. The number of para-hydroxylation sites is 1. The van der Waals surface area contributed by atoms with Crippen molar-refractivity contribution in [3.8, 4) is 0 Å². The van der Waals surface area contributed by atoms with Gasteiger partial charge in [0.1, 0.15) is 12.4 Å². The molecular weight excluding hydrogens is 857 g/mol. The van der Waals surface area contributed by atoms with E-state index >= 15 is 4.79 Å². The average molecular weight is 899 g/mol. The average Bonchev–Trinajstić information content (AvgIpc) is 3.36. The topological polar surface area (TPSA) is 263 Å². The van der Waals surface area contributed by atoms with Crippen LogP contribution >= 0.6 is 0 Å². The number of Topliss-reactive ketones (excluding diaryl/α,β-unsaturated/α-hetero) is 1. The Morgan fingerprint density at radius 3 is 2.25 bits per heavy atom. The molecule has 1 aliphatic heterocycles. The van der Waals surface area contributed by atoms with Crippen LogP contribution in [0.2, 0.25) is 0 Å². The van der Waals surface area contributed by atoms with Crippen LogP contribution in [0.3, 0.4) is 0 Å². The Morgan fingerprint density at radius 1 is 0.846 bits per heavy atom. The molecule has 2 bridgehead atoms. The number of hydrazone groups is 1. The number of ketones is 1. The number of nitrogens with two attached hydrogens (primary N) is 2. The summed E-state index contributed by atoms with van der Waals surface area (Å²) in [6.07, 6.45) is 0.683. The fourth-order valence-corrected chi connectivity index (χ4v) is 9.32. The highest BCUT2D eigenvalue weighted by atomic mass is 32.2. The minimum Gasteiger partial charge on any atom is -0.463 e. The number of pyridine rings is 1. The molecule has 2 heterocycles. The second kappa shape index (κ2) is 18.1. The second-order valence-electron chi connectivity index (χ2n) is 14.8. The van der Waals surface area contributed by atoms with Gasteiger partial charge in [0, 0.05) is 42.3 Å². The lowest BCUT2D eigenvalue weighted by Crippen LogP contribution is -2.77. The number of rotatable bonds is 13. The molecule has 19 heteroatoms. The summed E-state index contributed by atoms with van der Waals surface area (Å²) in [5.41, 5.74) is 11.9. The smallest absolute Gasteiger partial charge is 0.428 e. The molecule has 6 N–H and O–H groups in total. The van der Waals surface area contributed by atoms with Crippen LogP contribution in [-0.2, 0) is 57.5 Å². The van der Waals surface area contributed by atoms with E-state index in [0.29, 0.717) is 26.9 Å². The van der Waals surface area contributed by atoms with Gasteiger partial charge in [-0.05, 0) is 65.4 Å². The Bertz CT molecular complexity index is 3040. The minimum absolute atomic E-state index is 0.0366. The first kappa shape index (κ1) is 45.2. The maximum Gasteiger partial charge on any atom is 0.428 e. The Balaban J connectivity index is 1.18. The van der Waals surface area contributed by atoms with Crippen molar-refractivity contribution in [2.75, 3.05) is 11.5 Å². The van der Waals surface area contributed by atoms with Crippen LogP contribution in [0.15, 0.2) is 131 Å². The van der Waals surface area contributed by atoms with Gasteiger partial charge in [-0.25, -0.2) is 32.7 Å². The number of esters is 1. The summed E-state index contributed by atoms with van der Waals surface area (Å²) in [5, 5.41) is 7.38. The van der Waals surface area contributed by atoms with E-state index in [1.165, 1.54) is 43.5 Å². The lowest BCUT2D eigenvalue weighted by molar-refractivity contribution is -0.159. The van der Waals surface area contributed by atoms with Gasteiger partial charge < -0.3 is 14.8 Å². The van der Waals surface area contributed by atoms with Crippen LogP contribution < -0.4 is 27.1 Å². The number of carbonyl (C=O) groups excluding carboxylic acids is 6. The lowest BCUT2D eigenvalue weighted by atomic mass is 9.85. The number of hydrogen-bond acceptors (Lipinski definition) is 14. The lowest BCUT2D eigenvalue weighted by Gasteiger charge is -2.44. The number of ether oxygens (including phenoxy) is 2. The molecule has 332 valence electrons. The molecule has 0 aliphatic carbocycles. The van der Waals surface area contributed by atoms with Gasteiger partial charge in [0.05, 0.1) is 23.2 Å². The van der Waals surface area contributed by atoms with E-state index in [9.17, 15) is 32.4 Å².